The molecular weight excluding hydrogens is 276 g/mol. The Morgan fingerprint density at radius 3 is 2.85 bits per heavy atom. The molecule has 0 aliphatic rings. The van der Waals surface area contributed by atoms with E-state index in [9.17, 15) is 14.7 Å². The molecule has 0 saturated heterocycles. The van der Waals surface area contributed by atoms with E-state index in [1.165, 1.54) is 11.3 Å². The monoisotopic (exact) mass is 292 g/mol. The third kappa shape index (κ3) is 2.99. The molecule has 2 aromatic rings. The van der Waals surface area contributed by atoms with Gasteiger partial charge in [0, 0.05) is 4.70 Å². The first kappa shape index (κ1) is 14.5. The Morgan fingerprint density at radius 1 is 1.35 bits per heavy atom. The molecule has 1 N–H and O–H groups in total. The summed E-state index contributed by atoms with van der Waals surface area (Å²) in [5.41, 5.74) is 0.498. The van der Waals surface area contributed by atoms with Crippen molar-refractivity contribution in [2.45, 2.75) is 25.7 Å². The molecule has 4 nitrogen and oxygen atoms in total. The number of carboxylic acid groups (broad SMARTS) is 1. The van der Waals surface area contributed by atoms with E-state index in [0.29, 0.717) is 5.56 Å². The number of hydrogen-bond acceptors (Lipinski definition) is 4. The molecule has 1 heterocycles. The summed E-state index contributed by atoms with van der Waals surface area (Å²) >= 11 is 1.52. The van der Waals surface area contributed by atoms with E-state index in [-0.39, 0.29) is 6.61 Å². The number of carboxylic acids is 1. The highest BCUT2D eigenvalue weighted by Crippen LogP contribution is 2.30. The van der Waals surface area contributed by atoms with E-state index < -0.39 is 17.9 Å². The van der Waals surface area contributed by atoms with Crippen LogP contribution in [0.4, 0.5) is 0 Å². The van der Waals surface area contributed by atoms with Crippen molar-refractivity contribution in [3.63, 3.8) is 0 Å². The molecule has 0 spiro atoms. The molecule has 1 unspecified atom stereocenters. The number of carbonyl (C=O) groups excluding carboxylic acids is 1. The second kappa shape index (κ2) is 6.52. The van der Waals surface area contributed by atoms with Crippen molar-refractivity contribution < 1.29 is 19.4 Å². The molecule has 2 rings (SSSR count). The van der Waals surface area contributed by atoms with Gasteiger partial charge in [-0.1, -0.05) is 25.5 Å². The normalized spacial score (nSPS) is 12.2. The SMILES string of the molecule is CCCCOC(=O)C(C(=O)O)c1cccc2sccc12. The van der Waals surface area contributed by atoms with Gasteiger partial charge in [0.25, 0.3) is 0 Å². The van der Waals surface area contributed by atoms with E-state index in [4.69, 9.17) is 4.74 Å². The second-order valence-electron chi connectivity index (χ2n) is 4.47. The van der Waals surface area contributed by atoms with Gasteiger partial charge in [-0.25, -0.2) is 0 Å². The zero-order chi connectivity index (χ0) is 14.5. The van der Waals surface area contributed by atoms with Gasteiger partial charge in [-0.05, 0) is 34.9 Å². The van der Waals surface area contributed by atoms with Gasteiger partial charge in [-0.15, -0.1) is 11.3 Å². The third-order valence-corrected chi connectivity index (χ3v) is 3.95. The first-order valence-electron chi connectivity index (χ1n) is 6.50. The van der Waals surface area contributed by atoms with Crippen LogP contribution in [0.1, 0.15) is 31.2 Å². The van der Waals surface area contributed by atoms with Crippen molar-refractivity contribution in [2.75, 3.05) is 6.61 Å². The molecule has 1 atom stereocenters. The lowest BCUT2D eigenvalue weighted by Gasteiger charge is -2.13. The maximum Gasteiger partial charge on any atom is 0.324 e. The van der Waals surface area contributed by atoms with E-state index in [2.05, 4.69) is 0 Å². The molecule has 20 heavy (non-hydrogen) atoms. The van der Waals surface area contributed by atoms with Crippen molar-refractivity contribution >= 4 is 33.4 Å². The molecule has 5 heteroatoms. The van der Waals surface area contributed by atoms with Crippen LogP contribution in [0.3, 0.4) is 0 Å². The van der Waals surface area contributed by atoms with Crippen LogP contribution in [0, 0.1) is 0 Å². The van der Waals surface area contributed by atoms with Crippen LogP contribution >= 0.6 is 11.3 Å². The summed E-state index contributed by atoms with van der Waals surface area (Å²) in [4.78, 5) is 23.5. The molecule has 0 fully saturated rings. The Bertz CT molecular complexity index is 617. The molecule has 0 bridgehead atoms. The number of esters is 1. The fourth-order valence-corrected chi connectivity index (χ4v) is 2.85. The van der Waals surface area contributed by atoms with Gasteiger partial charge in [0.1, 0.15) is 0 Å². The smallest absolute Gasteiger partial charge is 0.324 e. The molecular formula is C15H16O4S. The number of aliphatic carboxylic acids is 1. The molecule has 0 aliphatic heterocycles. The number of hydrogen-bond donors (Lipinski definition) is 1. The molecule has 0 radical (unpaired) electrons. The minimum Gasteiger partial charge on any atom is -0.480 e. The highest BCUT2D eigenvalue weighted by atomic mass is 32.1. The van der Waals surface area contributed by atoms with Gasteiger partial charge in [-0.2, -0.15) is 0 Å². The lowest BCUT2D eigenvalue weighted by atomic mass is 9.96. The van der Waals surface area contributed by atoms with Crippen LogP contribution < -0.4 is 0 Å². The number of thiophene rings is 1. The van der Waals surface area contributed by atoms with Gasteiger partial charge in [0.2, 0.25) is 0 Å². The van der Waals surface area contributed by atoms with Crippen molar-refractivity contribution in [3.8, 4) is 0 Å². The molecule has 1 aromatic heterocycles. The van der Waals surface area contributed by atoms with E-state index in [0.717, 1.165) is 22.9 Å². The molecule has 1 aromatic carbocycles. The number of rotatable bonds is 6. The van der Waals surface area contributed by atoms with E-state index >= 15 is 0 Å². The van der Waals surface area contributed by atoms with Crippen LogP contribution in [0.5, 0.6) is 0 Å². The minimum atomic E-state index is -1.26. The Balaban J connectivity index is 2.31. The fourth-order valence-electron chi connectivity index (χ4n) is 2.03. The lowest BCUT2D eigenvalue weighted by molar-refractivity contribution is -0.154. The van der Waals surface area contributed by atoms with Crippen LogP contribution in [0.2, 0.25) is 0 Å². The van der Waals surface area contributed by atoms with Gasteiger partial charge in [0.15, 0.2) is 5.92 Å². The molecule has 0 aliphatic carbocycles. The van der Waals surface area contributed by atoms with Gasteiger partial charge in [0.05, 0.1) is 6.61 Å². The number of carbonyl (C=O) groups is 2. The number of ether oxygens (including phenoxy) is 1. The van der Waals surface area contributed by atoms with E-state index in [1.807, 2.05) is 24.4 Å². The Hall–Kier alpha value is -1.88. The Morgan fingerprint density at radius 2 is 2.15 bits per heavy atom. The van der Waals surface area contributed by atoms with E-state index in [1.54, 1.807) is 12.1 Å². The standard InChI is InChI=1S/C15H16O4S/c1-2-3-8-19-15(18)13(14(16)17)11-5-4-6-12-10(11)7-9-20-12/h4-7,9,13H,2-3,8H2,1H3,(H,16,17). The quantitative estimate of drug-likeness (QED) is 0.503. The van der Waals surface area contributed by atoms with Crippen LogP contribution in [-0.4, -0.2) is 23.7 Å². The highest BCUT2D eigenvalue weighted by molar-refractivity contribution is 7.17. The van der Waals surface area contributed by atoms with Crippen molar-refractivity contribution in [2.24, 2.45) is 0 Å². The van der Waals surface area contributed by atoms with Gasteiger partial charge in [-0.3, -0.25) is 9.59 Å². The van der Waals surface area contributed by atoms with Crippen molar-refractivity contribution in [1.29, 1.82) is 0 Å². The largest absolute Gasteiger partial charge is 0.480 e. The first-order chi connectivity index (χ1) is 9.65. The number of fused-ring (bicyclic) bond motifs is 1. The minimum absolute atomic E-state index is 0.263. The number of benzene rings is 1. The number of unbranched alkanes of at least 4 members (excludes halogenated alkanes) is 1. The molecule has 0 saturated carbocycles. The summed E-state index contributed by atoms with van der Waals surface area (Å²) in [6, 6.07) is 7.19. The fraction of sp³-hybridized carbons (Fsp3) is 0.333. The second-order valence-corrected chi connectivity index (χ2v) is 5.42. The summed E-state index contributed by atoms with van der Waals surface area (Å²) in [6.07, 6.45) is 1.63. The topological polar surface area (TPSA) is 63.6 Å². The van der Waals surface area contributed by atoms with Gasteiger partial charge < -0.3 is 9.84 Å². The predicted octanol–water partition coefficient (Wildman–Crippen LogP) is 3.41. The zero-order valence-electron chi connectivity index (χ0n) is 11.2. The van der Waals surface area contributed by atoms with Crippen molar-refractivity contribution in [1.82, 2.24) is 0 Å². The van der Waals surface area contributed by atoms with Crippen LogP contribution in [0.15, 0.2) is 29.6 Å². The maximum absolute atomic E-state index is 12.0. The average Bonchev–Trinajstić information content (AvgIpc) is 2.88. The zero-order valence-corrected chi connectivity index (χ0v) is 12.0. The predicted molar refractivity (Wildman–Crippen MR) is 78.1 cm³/mol. The summed E-state index contributed by atoms with van der Waals surface area (Å²) in [6.45, 7) is 2.24. The summed E-state index contributed by atoms with van der Waals surface area (Å²) in [5.74, 6) is -3.12. The first-order valence-corrected chi connectivity index (χ1v) is 7.38. The van der Waals surface area contributed by atoms with Crippen LogP contribution in [-0.2, 0) is 14.3 Å². The summed E-state index contributed by atoms with van der Waals surface area (Å²) in [7, 11) is 0. The van der Waals surface area contributed by atoms with Gasteiger partial charge >= 0.3 is 11.9 Å². The third-order valence-electron chi connectivity index (χ3n) is 3.07. The Labute approximate surface area is 121 Å². The highest BCUT2D eigenvalue weighted by Gasteiger charge is 2.31. The molecule has 0 amide bonds. The average molecular weight is 292 g/mol. The summed E-state index contributed by atoms with van der Waals surface area (Å²) < 4.78 is 6.04. The summed E-state index contributed by atoms with van der Waals surface area (Å²) in [5, 5.41) is 12.0. The van der Waals surface area contributed by atoms with Crippen molar-refractivity contribution in [3.05, 3.63) is 35.2 Å². The van der Waals surface area contributed by atoms with Crippen LogP contribution in [0.25, 0.3) is 10.1 Å². The lowest BCUT2D eigenvalue weighted by Crippen LogP contribution is -2.24. The maximum atomic E-state index is 12.0. The Kier molecular flexibility index (Phi) is 4.74. The molecule has 106 valence electrons.